The van der Waals surface area contributed by atoms with Crippen LogP contribution in [0.4, 0.5) is 5.69 Å². The fourth-order valence-corrected chi connectivity index (χ4v) is 3.39. The van der Waals surface area contributed by atoms with E-state index in [0.29, 0.717) is 11.4 Å². The molecule has 6 nitrogen and oxygen atoms in total. The van der Waals surface area contributed by atoms with E-state index in [1.807, 2.05) is 31.2 Å². The van der Waals surface area contributed by atoms with Crippen molar-refractivity contribution in [3.63, 3.8) is 0 Å². The van der Waals surface area contributed by atoms with E-state index in [4.69, 9.17) is 0 Å². The zero-order valence-electron chi connectivity index (χ0n) is 14.7. The second-order valence-electron chi connectivity index (χ2n) is 5.84. The number of hydrogen-bond donors (Lipinski definition) is 1. The van der Waals surface area contributed by atoms with Crippen LogP contribution in [0.5, 0.6) is 0 Å². The summed E-state index contributed by atoms with van der Waals surface area (Å²) in [5.74, 6) is -0.513. The molecule has 0 fully saturated rings. The van der Waals surface area contributed by atoms with E-state index in [1.54, 1.807) is 31.2 Å². The maximum absolute atomic E-state index is 12.2. The van der Waals surface area contributed by atoms with Crippen molar-refractivity contribution < 1.29 is 13.2 Å². The number of amides is 1. The number of carbonyl (C=O) groups excluding carboxylic acids is 1. The molecule has 0 atom stereocenters. The molecule has 2 aromatic carbocycles. The summed E-state index contributed by atoms with van der Waals surface area (Å²) in [6.45, 7) is 3.34. The highest BCUT2D eigenvalue weighted by molar-refractivity contribution is 14.1. The summed E-state index contributed by atoms with van der Waals surface area (Å²) in [5, 5.41) is 4.06. The number of benzene rings is 2. The summed E-state index contributed by atoms with van der Waals surface area (Å²) in [4.78, 5) is 12.2. The average Bonchev–Trinajstić information content (AvgIpc) is 2.58. The van der Waals surface area contributed by atoms with Gasteiger partial charge in [-0.25, -0.2) is 13.8 Å². The van der Waals surface area contributed by atoms with Crippen LogP contribution in [-0.2, 0) is 14.8 Å². The van der Waals surface area contributed by atoms with Crippen LogP contribution in [0.3, 0.4) is 0 Å². The van der Waals surface area contributed by atoms with Crippen LogP contribution in [0.1, 0.15) is 18.1 Å². The highest BCUT2D eigenvalue weighted by atomic mass is 127. The predicted octanol–water partition coefficient (Wildman–Crippen LogP) is 2.91. The number of sulfonamides is 1. The highest BCUT2D eigenvalue weighted by Crippen LogP contribution is 2.17. The first-order valence-electron chi connectivity index (χ1n) is 7.80. The van der Waals surface area contributed by atoms with Crippen molar-refractivity contribution in [2.75, 3.05) is 17.1 Å². The van der Waals surface area contributed by atoms with Crippen molar-refractivity contribution in [3.05, 3.63) is 63.2 Å². The monoisotopic (exact) mass is 485 g/mol. The molecular weight excluding hydrogens is 465 g/mol. The van der Waals surface area contributed by atoms with Gasteiger partial charge in [0.05, 0.1) is 17.7 Å². The van der Waals surface area contributed by atoms with E-state index < -0.39 is 15.9 Å². The first-order valence-corrected chi connectivity index (χ1v) is 10.7. The lowest BCUT2D eigenvalue weighted by Crippen LogP contribution is -2.39. The molecule has 0 aliphatic rings. The van der Waals surface area contributed by atoms with Crippen LogP contribution < -0.4 is 9.73 Å². The van der Waals surface area contributed by atoms with Crippen molar-refractivity contribution in [1.82, 2.24) is 5.43 Å². The zero-order chi connectivity index (χ0) is 19.3. The van der Waals surface area contributed by atoms with Gasteiger partial charge < -0.3 is 0 Å². The molecule has 0 aliphatic heterocycles. The third-order valence-electron chi connectivity index (χ3n) is 3.62. The standard InChI is InChI=1S/C18H20IN3O3S/c1-13-4-10-17(11-5-13)22(26(3,24)25)12-18(23)21-20-14(2)15-6-8-16(19)9-7-15/h4-11H,12H2,1-3H3,(H,21,23)/b20-14-. The fraction of sp³-hybridized carbons (Fsp3) is 0.222. The van der Waals surface area contributed by atoms with Crippen molar-refractivity contribution in [3.8, 4) is 0 Å². The van der Waals surface area contributed by atoms with Gasteiger partial charge in [-0.3, -0.25) is 9.10 Å². The molecule has 2 aromatic rings. The van der Waals surface area contributed by atoms with Crippen LogP contribution in [0.2, 0.25) is 0 Å². The molecule has 0 aliphatic carbocycles. The predicted molar refractivity (Wildman–Crippen MR) is 113 cm³/mol. The van der Waals surface area contributed by atoms with E-state index in [0.717, 1.165) is 25.3 Å². The van der Waals surface area contributed by atoms with Gasteiger partial charge in [-0.1, -0.05) is 29.8 Å². The average molecular weight is 485 g/mol. The van der Waals surface area contributed by atoms with Gasteiger partial charge in [-0.15, -0.1) is 0 Å². The number of nitrogens with zero attached hydrogens (tertiary/aromatic N) is 2. The highest BCUT2D eigenvalue weighted by Gasteiger charge is 2.20. The first-order chi connectivity index (χ1) is 12.2. The molecule has 2 rings (SSSR count). The van der Waals surface area contributed by atoms with Crippen LogP contribution in [0, 0.1) is 10.5 Å². The first kappa shape index (κ1) is 20.4. The summed E-state index contributed by atoms with van der Waals surface area (Å²) >= 11 is 2.21. The van der Waals surface area contributed by atoms with Gasteiger partial charge in [0.15, 0.2) is 0 Å². The normalized spacial score (nSPS) is 11.9. The molecule has 0 radical (unpaired) electrons. The number of nitrogens with one attached hydrogen (secondary N) is 1. The quantitative estimate of drug-likeness (QED) is 0.389. The fourth-order valence-electron chi connectivity index (χ4n) is 2.18. The third-order valence-corrected chi connectivity index (χ3v) is 5.48. The summed E-state index contributed by atoms with van der Waals surface area (Å²) in [5.41, 5.74) is 5.38. The number of hydrazone groups is 1. The van der Waals surface area contributed by atoms with Crippen LogP contribution in [-0.4, -0.2) is 32.8 Å². The van der Waals surface area contributed by atoms with E-state index in [-0.39, 0.29) is 6.54 Å². The van der Waals surface area contributed by atoms with Crippen molar-refractivity contribution in [2.45, 2.75) is 13.8 Å². The maximum Gasteiger partial charge on any atom is 0.260 e. The Morgan fingerprint density at radius 1 is 1.12 bits per heavy atom. The van der Waals surface area contributed by atoms with Crippen molar-refractivity contribution in [1.29, 1.82) is 0 Å². The molecule has 1 N–H and O–H groups in total. The van der Waals surface area contributed by atoms with Crippen molar-refractivity contribution >= 4 is 49.9 Å². The lowest BCUT2D eigenvalue weighted by atomic mass is 10.1. The Morgan fingerprint density at radius 3 is 2.23 bits per heavy atom. The molecule has 0 saturated heterocycles. The molecule has 138 valence electrons. The van der Waals surface area contributed by atoms with Gasteiger partial charge in [0.2, 0.25) is 10.0 Å². The Hall–Kier alpha value is -1.94. The molecule has 0 unspecified atom stereocenters. The second-order valence-corrected chi connectivity index (χ2v) is 9.00. The van der Waals surface area contributed by atoms with Crippen LogP contribution in [0.25, 0.3) is 0 Å². The van der Waals surface area contributed by atoms with Crippen LogP contribution in [0.15, 0.2) is 53.6 Å². The Balaban J connectivity index is 2.11. The summed E-state index contributed by atoms with van der Waals surface area (Å²) in [7, 11) is -3.60. The number of anilines is 1. The summed E-state index contributed by atoms with van der Waals surface area (Å²) in [6, 6.07) is 14.6. The third kappa shape index (κ3) is 5.80. The SMILES string of the molecule is C/C(=N/NC(=O)CN(c1ccc(C)cc1)S(C)(=O)=O)c1ccc(I)cc1. The number of hydrogen-bond acceptors (Lipinski definition) is 4. The van der Waals surface area contributed by atoms with Gasteiger partial charge in [-0.05, 0) is 66.3 Å². The number of halogens is 1. The molecule has 8 heteroatoms. The molecule has 0 heterocycles. The molecule has 0 saturated carbocycles. The van der Waals surface area contributed by atoms with Crippen LogP contribution >= 0.6 is 22.6 Å². The topological polar surface area (TPSA) is 78.8 Å². The molecule has 0 bridgehead atoms. The Morgan fingerprint density at radius 2 is 1.69 bits per heavy atom. The minimum absolute atomic E-state index is 0.342. The Labute approximate surface area is 167 Å². The van der Waals surface area contributed by atoms with Crippen molar-refractivity contribution in [2.24, 2.45) is 5.10 Å². The maximum atomic E-state index is 12.2. The van der Waals surface area contributed by atoms with E-state index >= 15 is 0 Å². The van der Waals surface area contributed by atoms with E-state index in [1.165, 1.54) is 0 Å². The van der Waals surface area contributed by atoms with Gasteiger partial charge >= 0.3 is 0 Å². The smallest absolute Gasteiger partial charge is 0.260 e. The molecule has 0 aromatic heterocycles. The number of aryl methyl sites for hydroxylation is 1. The van der Waals surface area contributed by atoms with Gasteiger partial charge in [0.25, 0.3) is 5.91 Å². The lowest BCUT2D eigenvalue weighted by molar-refractivity contribution is -0.119. The molecule has 1 amide bonds. The summed E-state index contributed by atoms with van der Waals surface area (Å²) < 4.78 is 26.3. The molecular formula is C18H20IN3O3S. The molecule has 26 heavy (non-hydrogen) atoms. The zero-order valence-corrected chi connectivity index (χ0v) is 17.7. The summed E-state index contributed by atoms with van der Waals surface area (Å²) in [6.07, 6.45) is 1.07. The van der Waals surface area contributed by atoms with E-state index in [2.05, 4.69) is 33.1 Å². The Bertz CT molecular complexity index is 908. The Kier molecular flexibility index (Phi) is 6.76. The minimum Gasteiger partial charge on any atom is -0.271 e. The largest absolute Gasteiger partial charge is 0.271 e. The minimum atomic E-state index is -3.60. The van der Waals surface area contributed by atoms with Gasteiger partial charge in [-0.2, -0.15) is 5.10 Å². The lowest BCUT2D eigenvalue weighted by Gasteiger charge is -2.21. The van der Waals surface area contributed by atoms with Gasteiger partial charge in [0.1, 0.15) is 6.54 Å². The van der Waals surface area contributed by atoms with Gasteiger partial charge in [0, 0.05) is 3.57 Å². The van der Waals surface area contributed by atoms with E-state index in [9.17, 15) is 13.2 Å². The number of carbonyl (C=O) groups is 1. The second kappa shape index (κ2) is 8.63. The number of rotatable bonds is 6. The molecule has 0 spiro atoms.